The second-order valence-corrected chi connectivity index (χ2v) is 11.3. The number of benzene rings is 1. The summed E-state index contributed by atoms with van der Waals surface area (Å²) in [4.78, 5) is 14.5. The van der Waals surface area contributed by atoms with Crippen LogP contribution in [0.3, 0.4) is 0 Å². The highest BCUT2D eigenvalue weighted by atomic mass is 16.5. The lowest BCUT2D eigenvalue weighted by Crippen LogP contribution is -2.63. The molecule has 4 fully saturated rings. The zero-order valence-corrected chi connectivity index (χ0v) is 19.1. The van der Waals surface area contributed by atoms with Crippen LogP contribution in [0.25, 0.3) is 0 Å². The second-order valence-electron chi connectivity index (χ2n) is 11.3. The molecular weight excluding hydrogens is 372 g/mol. The molecule has 0 radical (unpaired) electrons. The maximum Gasteiger partial charge on any atom is 0.222 e. The Morgan fingerprint density at radius 1 is 1.03 bits per heavy atom. The molecule has 4 heteroatoms. The van der Waals surface area contributed by atoms with Crippen LogP contribution in [0.1, 0.15) is 65.7 Å². The van der Waals surface area contributed by atoms with E-state index < -0.39 is 0 Å². The molecule has 3 unspecified atom stereocenters. The highest BCUT2D eigenvalue weighted by Gasteiger charge is 2.63. The maximum absolute atomic E-state index is 12.4. The number of nitrogens with zero attached hydrogens (tertiary/aromatic N) is 1. The third-order valence-corrected chi connectivity index (χ3v) is 10.0. The van der Waals surface area contributed by atoms with Crippen molar-refractivity contribution in [2.45, 2.75) is 77.9 Å². The number of ether oxygens (including phenoxy) is 1. The summed E-state index contributed by atoms with van der Waals surface area (Å²) >= 11 is 0. The minimum atomic E-state index is 0.246. The zero-order valence-electron chi connectivity index (χ0n) is 19.1. The van der Waals surface area contributed by atoms with E-state index in [9.17, 15) is 4.79 Å². The topological polar surface area (TPSA) is 55.6 Å². The van der Waals surface area contributed by atoms with Crippen LogP contribution >= 0.6 is 0 Å². The van der Waals surface area contributed by atoms with Gasteiger partial charge in [-0.05, 0) is 91.9 Å². The van der Waals surface area contributed by atoms with E-state index in [0.717, 1.165) is 54.9 Å². The predicted molar refractivity (Wildman–Crippen MR) is 120 cm³/mol. The van der Waals surface area contributed by atoms with Crippen LogP contribution in [0.15, 0.2) is 24.3 Å². The van der Waals surface area contributed by atoms with E-state index in [-0.39, 0.29) is 10.8 Å². The number of piperidine rings is 1. The van der Waals surface area contributed by atoms with Gasteiger partial charge in [-0.1, -0.05) is 20.8 Å². The van der Waals surface area contributed by atoms with Crippen LogP contribution in [0, 0.1) is 34.5 Å². The Morgan fingerprint density at radius 3 is 2.47 bits per heavy atom. The van der Waals surface area contributed by atoms with Crippen LogP contribution < -0.4 is 10.5 Å². The highest BCUT2D eigenvalue weighted by molar-refractivity contribution is 5.77. The van der Waals surface area contributed by atoms with E-state index in [1.165, 1.54) is 19.3 Å². The Kier molecular flexibility index (Phi) is 4.65. The first-order valence-electron chi connectivity index (χ1n) is 12.0. The van der Waals surface area contributed by atoms with Crippen LogP contribution in [-0.4, -0.2) is 30.0 Å². The number of hydrogen-bond donors (Lipinski definition) is 1. The number of carbonyl (C=O) groups is 1. The Bertz CT molecular complexity index is 823. The molecule has 0 aromatic heterocycles. The average Bonchev–Trinajstić information content (AvgIpc) is 3.05. The van der Waals surface area contributed by atoms with E-state index >= 15 is 0 Å². The third kappa shape index (κ3) is 2.81. The largest absolute Gasteiger partial charge is 0.490 e. The summed E-state index contributed by atoms with van der Waals surface area (Å²) in [6.45, 7) is 7.47. The summed E-state index contributed by atoms with van der Waals surface area (Å²) in [7, 11) is 2.05. The molecule has 1 saturated heterocycles. The van der Waals surface area contributed by atoms with E-state index in [1.807, 2.05) is 24.3 Å². The van der Waals surface area contributed by atoms with Gasteiger partial charge in [0.2, 0.25) is 5.91 Å². The molecule has 8 atom stereocenters. The molecule has 0 spiro atoms. The van der Waals surface area contributed by atoms with Gasteiger partial charge < -0.3 is 15.4 Å². The van der Waals surface area contributed by atoms with Crippen molar-refractivity contribution in [2.24, 2.45) is 34.5 Å². The number of fused-ring (bicyclic) bond motifs is 5. The van der Waals surface area contributed by atoms with Crippen molar-refractivity contribution >= 4 is 11.6 Å². The lowest BCUT2D eigenvalue weighted by molar-refractivity contribution is -0.168. The van der Waals surface area contributed by atoms with Crippen molar-refractivity contribution in [1.29, 1.82) is 0 Å². The van der Waals surface area contributed by atoms with Gasteiger partial charge in [0.1, 0.15) is 11.9 Å². The molecule has 1 amide bonds. The summed E-state index contributed by atoms with van der Waals surface area (Å²) in [5, 5.41) is 0. The molecule has 1 aromatic rings. The minimum absolute atomic E-state index is 0.246. The van der Waals surface area contributed by atoms with Gasteiger partial charge in [0.15, 0.2) is 0 Å². The van der Waals surface area contributed by atoms with Gasteiger partial charge in [0.25, 0.3) is 0 Å². The first-order valence-corrected chi connectivity index (χ1v) is 12.0. The van der Waals surface area contributed by atoms with Gasteiger partial charge in [-0.15, -0.1) is 0 Å². The first kappa shape index (κ1) is 20.2. The smallest absolute Gasteiger partial charge is 0.222 e. The number of nitrogen functional groups attached to an aromatic ring is 1. The van der Waals surface area contributed by atoms with Crippen LogP contribution in [0.4, 0.5) is 5.69 Å². The third-order valence-electron chi connectivity index (χ3n) is 10.0. The fourth-order valence-corrected chi connectivity index (χ4v) is 8.32. The molecule has 0 bridgehead atoms. The molecule has 164 valence electrons. The number of amides is 1. The molecule has 1 aliphatic heterocycles. The Balaban J connectivity index is 1.41. The summed E-state index contributed by atoms with van der Waals surface area (Å²) in [5.41, 5.74) is 7.17. The fourth-order valence-electron chi connectivity index (χ4n) is 8.32. The number of carbonyl (C=O) groups excluding carboxylic acids is 1. The molecule has 4 aliphatic rings. The predicted octanol–water partition coefficient (Wildman–Crippen LogP) is 5.13. The van der Waals surface area contributed by atoms with Gasteiger partial charge in [-0.3, -0.25) is 4.79 Å². The van der Waals surface area contributed by atoms with Crippen molar-refractivity contribution in [3.63, 3.8) is 0 Å². The number of anilines is 1. The SMILES string of the molecule is CC1CC2N(C)C(=O)CC[C@]2(C)[C@@H]2CC[C@]3(C)C(Oc4ccc(N)cc4)CC[C@H]3[C@H]12. The fraction of sp³-hybridized carbons (Fsp3) is 0.731. The number of nitrogens with two attached hydrogens (primary N) is 1. The Labute approximate surface area is 181 Å². The Hall–Kier alpha value is -1.71. The monoisotopic (exact) mass is 410 g/mol. The molecule has 3 aliphatic carbocycles. The highest BCUT2D eigenvalue weighted by Crippen LogP contribution is 2.66. The summed E-state index contributed by atoms with van der Waals surface area (Å²) in [6.07, 6.45) is 8.20. The van der Waals surface area contributed by atoms with E-state index in [2.05, 4.69) is 32.7 Å². The summed E-state index contributed by atoms with van der Waals surface area (Å²) < 4.78 is 6.57. The minimum Gasteiger partial charge on any atom is -0.490 e. The summed E-state index contributed by atoms with van der Waals surface area (Å²) in [6, 6.07) is 8.32. The molecule has 3 saturated carbocycles. The van der Waals surface area contributed by atoms with Crippen molar-refractivity contribution in [3.05, 3.63) is 24.3 Å². The van der Waals surface area contributed by atoms with Crippen LogP contribution in [0.2, 0.25) is 0 Å². The normalized spacial score (nSPS) is 45.5. The van der Waals surface area contributed by atoms with Crippen molar-refractivity contribution in [2.75, 3.05) is 12.8 Å². The molecule has 5 rings (SSSR count). The van der Waals surface area contributed by atoms with Crippen LogP contribution in [-0.2, 0) is 4.79 Å². The van der Waals surface area contributed by atoms with Gasteiger partial charge in [-0.25, -0.2) is 0 Å². The molecule has 4 nitrogen and oxygen atoms in total. The van der Waals surface area contributed by atoms with Gasteiger partial charge in [0, 0.05) is 30.6 Å². The van der Waals surface area contributed by atoms with E-state index in [1.54, 1.807) is 0 Å². The van der Waals surface area contributed by atoms with Crippen LogP contribution in [0.5, 0.6) is 5.75 Å². The zero-order chi connectivity index (χ0) is 21.3. The maximum atomic E-state index is 12.4. The second kappa shape index (κ2) is 6.90. The summed E-state index contributed by atoms with van der Waals surface area (Å²) in [5.74, 6) is 4.18. The van der Waals surface area contributed by atoms with E-state index in [0.29, 0.717) is 24.0 Å². The lowest BCUT2D eigenvalue weighted by Gasteiger charge is -2.63. The molecule has 30 heavy (non-hydrogen) atoms. The van der Waals surface area contributed by atoms with Gasteiger partial charge in [0.05, 0.1) is 0 Å². The molecule has 2 N–H and O–H groups in total. The molecular formula is C26H38N2O2. The molecule has 1 heterocycles. The number of likely N-dealkylation sites (tertiary alicyclic amines) is 1. The van der Waals surface area contributed by atoms with Crippen molar-refractivity contribution in [3.8, 4) is 5.75 Å². The van der Waals surface area contributed by atoms with Gasteiger partial charge in [-0.2, -0.15) is 0 Å². The molecule has 1 aromatic carbocycles. The lowest BCUT2D eigenvalue weighted by atomic mass is 9.45. The number of hydrogen-bond acceptors (Lipinski definition) is 3. The number of rotatable bonds is 2. The standard InChI is InChI=1S/C26H38N2O2/c1-16-15-21-25(2,14-12-23(29)28(21)4)20-11-13-26(3)19(24(16)20)9-10-22(26)30-18-7-5-17(27)6-8-18/h5-8,16,19-22,24H,9-15,27H2,1-4H3/t16?,19-,20+,21?,22?,24-,25+,26-/m0/s1. The quantitative estimate of drug-likeness (QED) is 0.688. The van der Waals surface area contributed by atoms with E-state index in [4.69, 9.17) is 10.5 Å². The Morgan fingerprint density at radius 2 is 1.73 bits per heavy atom. The first-order chi connectivity index (χ1) is 14.2. The average molecular weight is 411 g/mol. The van der Waals surface area contributed by atoms with Crippen molar-refractivity contribution in [1.82, 2.24) is 4.90 Å². The van der Waals surface area contributed by atoms with Gasteiger partial charge >= 0.3 is 0 Å². The van der Waals surface area contributed by atoms with Crippen molar-refractivity contribution < 1.29 is 9.53 Å².